The van der Waals surface area contributed by atoms with E-state index >= 15 is 0 Å². The maximum Gasteiger partial charge on any atom is 0.184 e. The Labute approximate surface area is 92.9 Å². The molecule has 0 aromatic heterocycles. The van der Waals surface area contributed by atoms with Gasteiger partial charge in [0, 0.05) is 6.07 Å². The standard InChI is InChI=1S/C10H11F2NO.ClH/c1-10(2,13)9(14)7-4-3-6(11)5-8(7)12;/h3-5H,13H2,1-2H3;1H. The van der Waals surface area contributed by atoms with Crippen molar-refractivity contribution in [2.24, 2.45) is 5.73 Å². The molecule has 5 heteroatoms. The normalized spacial score (nSPS) is 10.7. The summed E-state index contributed by atoms with van der Waals surface area (Å²) in [6.07, 6.45) is 0. The van der Waals surface area contributed by atoms with Gasteiger partial charge in [-0.1, -0.05) is 0 Å². The van der Waals surface area contributed by atoms with Crippen LogP contribution in [-0.4, -0.2) is 11.3 Å². The van der Waals surface area contributed by atoms with Crippen LogP contribution in [0, 0.1) is 11.6 Å². The number of Topliss-reactive ketones (excluding diaryl/α,β-unsaturated/α-hetero) is 1. The van der Waals surface area contributed by atoms with E-state index in [1.807, 2.05) is 0 Å². The molecule has 0 spiro atoms. The van der Waals surface area contributed by atoms with Gasteiger partial charge in [-0.15, -0.1) is 12.4 Å². The molecule has 1 aromatic carbocycles. The molecule has 0 aliphatic rings. The van der Waals surface area contributed by atoms with Crippen molar-refractivity contribution in [3.8, 4) is 0 Å². The second-order valence-corrected chi connectivity index (χ2v) is 3.67. The molecule has 1 rings (SSSR count). The summed E-state index contributed by atoms with van der Waals surface area (Å²) < 4.78 is 25.6. The number of carbonyl (C=O) groups is 1. The molecule has 0 saturated carbocycles. The minimum Gasteiger partial charge on any atom is -0.319 e. The minimum atomic E-state index is -1.15. The number of nitrogens with two attached hydrogens (primary N) is 1. The molecule has 0 saturated heterocycles. The SMILES string of the molecule is CC(C)(N)C(=O)c1ccc(F)cc1F.Cl. The van der Waals surface area contributed by atoms with E-state index in [0.29, 0.717) is 6.07 Å². The number of halogens is 3. The Morgan fingerprint density at radius 1 is 1.33 bits per heavy atom. The van der Waals surface area contributed by atoms with Crippen LogP contribution >= 0.6 is 12.4 Å². The molecule has 15 heavy (non-hydrogen) atoms. The topological polar surface area (TPSA) is 43.1 Å². The van der Waals surface area contributed by atoms with Crippen LogP contribution in [0.3, 0.4) is 0 Å². The minimum absolute atomic E-state index is 0. The summed E-state index contributed by atoms with van der Waals surface area (Å²) >= 11 is 0. The first-order valence-electron chi connectivity index (χ1n) is 4.11. The first-order chi connectivity index (χ1) is 6.32. The van der Waals surface area contributed by atoms with E-state index in [-0.39, 0.29) is 18.0 Å². The number of hydrogen-bond acceptors (Lipinski definition) is 2. The van der Waals surface area contributed by atoms with Crippen LogP contribution in [0.25, 0.3) is 0 Å². The zero-order valence-electron chi connectivity index (χ0n) is 8.38. The van der Waals surface area contributed by atoms with E-state index < -0.39 is 23.0 Å². The van der Waals surface area contributed by atoms with Gasteiger partial charge in [-0.3, -0.25) is 4.79 Å². The number of rotatable bonds is 2. The molecule has 0 bridgehead atoms. The van der Waals surface area contributed by atoms with Gasteiger partial charge in [0.1, 0.15) is 11.6 Å². The monoisotopic (exact) mass is 235 g/mol. The van der Waals surface area contributed by atoms with Gasteiger partial charge in [0.15, 0.2) is 5.78 Å². The Balaban J connectivity index is 0.00000196. The van der Waals surface area contributed by atoms with Gasteiger partial charge in [0.05, 0.1) is 11.1 Å². The highest BCUT2D eigenvalue weighted by atomic mass is 35.5. The van der Waals surface area contributed by atoms with E-state index in [4.69, 9.17) is 5.73 Å². The first-order valence-corrected chi connectivity index (χ1v) is 4.11. The van der Waals surface area contributed by atoms with Gasteiger partial charge in [-0.2, -0.15) is 0 Å². The lowest BCUT2D eigenvalue weighted by molar-refractivity contribution is 0.0909. The third kappa shape index (κ3) is 3.25. The van der Waals surface area contributed by atoms with E-state index in [1.54, 1.807) is 0 Å². The first kappa shape index (κ1) is 14.0. The molecule has 2 nitrogen and oxygen atoms in total. The third-order valence-corrected chi connectivity index (χ3v) is 1.76. The molecule has 2 N–H and O–H groups in total. The molecule has 0 aliphatic carbocycles. The lowest BCUT2D eigenvalue weighted by Gasteiger charge is -2.16. The summed E-state index contributed by atoms with van der Waals surface area (Å²) in [6.45, 7) is 2.94. The average Bonchev–Trinajstić information content (AvgIpc) is 2.01. The zero-order chi connectivity index (χ0) is 10.9. The molecule has 0 atom stereocenters. The van der Waals surface area contributed by atoms with Crippen LogP contribution in [0.5, 0.6) is 0 Å². The fourth-order valence-corrected chi connectivity index (χ4v) is 1.02. The van der Waals surface area contributed by atoms with Crippen LogP contribution in [0.4, 0.5) is 8.78 Å². The van der Waals surface area contributed by atoms with Crippen molar-refractivity contribution < 1.29 is 13.6 Å². The Bertz CT molecular complexity index is 374. The molecule has 1 aromatic rings. The van der Waals surface area contributed by atoms with Crippen LogP contribution in [0.2, 0.25) is 0 Å². The van der Waals surface area contributed by atoms with E-state index in [1.165, 1.54) is 13.8 Å². The summed E-state index contributed by atoms with van der Waals surface area (Å²) in [6, 6.07) is 2.79. The number of hydrogen-bond donors (Lipinski definition) is 1. The molecule has 0 radical (unpaired) electrons. The van der Waals surface area contributed by atoms with Crippen molar-refractivity contribution in [3.05, 3.63) is 35.4 Å². The van der Waals surface area contributed by atoms with Gasteiger partial charge >= 0.3 is 0 Å². The molecule has 0 aliphatic heterocycles. The van der Waals surface area contributed by atoms with Crippen molar-refractivity contribution >= 4 is 18.2 Å². The Morgan fingerprint density at radius 2 is 1.87 bits per heavy atom. The molecule has 0 amide bonds. The molecule has 0 fully saturated rings. The van der Waals surface area contributed by atoms with Crippen molar-refractivity contribution in [1.82, 2.24) is 0 Å². The summed E-state index contributed by atoms with van der Waals surface area (Å²) in [7, 11) is 0. The van der Waals surface area contributed by atoms with Crippen LogP contribution in [0.15, 0.2) is 18.2 Å². The smallest absolute Gasteiger partial charge is 0.184 e. The quantitative estimate of drug-likeness (QED) is 0.800. The highest BCUT2D eigenvalue weighted by Crippen LogP contribution is 2.15. The second-order valence-electron chi connectivity index (χ2n) is 3.67. The van der Waals surface area contributed by atoms with E-state index in [2.05, 4.69) is 0 Å². The maximum absolute atomic E-state index is 13.1. The maximum atomic E-state index is 13.1. The predicted molar refractivity (Wildman–Crippen MR) is 56.2 cm³/mol. The lowest BCUT2D eigenvalue weighted by atomic mass is 9.94. The van der Waals surface area contributed by atoms with Gasteiger partial charge in [0.25, 0.3) is 0 Å². The van der Waals surface area contributed by atoms with Crippen molar-refractivity contribution in [2.75, 3.05) is 0 Å². The third-order valence-electron chi connectivity index (χ3n) is 1.76. The van der Waals surface area contributed by atoms with Gasteiger partial charge in [0.2, 0.25) is 0 Å². The Hall–Kier alpha value is -1.000. The second kappa shape index (κ2) is 4.68. The summed E-state index contributed by atoms with van der Waals surface area (Å²) in [5, 5.41) is 0. The van der Waals surface area contributed by atoms with Crippen LogP contribution < -0.4 is 5.73 Å². The zero-order valence-corrected chi connectivity index (χ0v) is 9.20. The van der Waals surface area contributed by atoms with Crippen LogP contribution in [-0.2, 0) is 0 Å². The van der Waals surface area contributed by atoms with E-state index in [0.717, 1.165) is 12.1 Å². The van der Waals surface area contributed by atoms with Gasteiger partial charge in [-0.05, 0) is 26.0 Å². The van der Waals surface area contributed by atoms with Crippen LogP contribution in [0.1, 0.15) is 24.2 Å². The summed E-state index contributed by atoms with van der Waals surface area (Å²) in [4.78, 5) is 11.5. The van der Waals surface area contributed by atoms with Crippen molar-refractivity contribution in [1.29, 1.82) is 0 Å². The Kier molecular flexibility index (Phi) is 4.37. The lowest BCUT2D eigenvalue weighted by Crippen LogP contribution is -2.41. The van der Waals surface area contributed by atoms with Gasteiger partial charge in [-0.25, -0.2) is 8.78 Å². The van der Waals surface area contributed by atoms with Crippen molar-refractivity contribution in [3.63, 3.8) is 0 Å². The van der Waals surface area contributed by atoms with Crippen molar-refractivity contribution in [2.45, 2.75) is 19.4 Å². The predicted octanol–water partition coefficient (Wildman–Crippen LogP) is 2.31. The number of carbonyl (C=O) groups excluding carboxylic acids is 1. The molecular formula is C10H12ClF2NO. The van der Waals surface area contributed by atoms with E-state index in [9.17, 15) is 13.6 Å². The molecule has 0 heterocycles. The fraction of sp³-hybridized carbons (Fsp3) is 0.300. The molecule has 84 valence electrons. The van der Waals surface area contributed by atoms with Gasteiger partial charge < -0.3 is 5.73 Å². The highest BCUT2D eigenvalue weighted by molar-refractivity contribution is 6.02. The molecule has 0 unspecified atom stereocenters. The summed E-state index contributed by atoms with van der Waals surface area (Å²) in [5.41, 5.74) is 4.17. The Morgan fingerprint density at radius 3 is 2.27 bits per heavy atom. The largest absolute Gasteiger partial charge is 0.319 e. The highest BCUT2D eigenvalue weighted by Gasteiger charge is 2.25. The number of ketones is 1. The number of benzene rings is 1. The fourth-order valence-electron chi connectivity index (χ4n) is 1.02. The molecular weight excluding hydrogens is 224 g/mol. The average molecular weight is 236 g/mol. The summed E-state index contributed by atoms with van der Waals surface area (Å²) in [5.74, 6) is -2.14.